The van der Waals surface area contributed by atoms with Crippen LogP contribution in [0.2, 0.25) is 0 Å². The van der Waals surface area contributed by atoms with Crippen LogP contribution in [0.5, 0.6) is 0 Å². The molecule has 88 valence electrons. The Bertz CT molecular complexity index is 297. The number of nitrogens with two attached hydrogens (primary N) is 1. The van der Waals surface area contributed by atoms with Gasteiger partial charge in [0, 0.05) is 12.4 Å². The minimum absolute atomic E-state index is 0.732. The summed E-state index contributed by atoms with van der Waals surface area (Å²) in [5, 5.41) is 0. The summed E-state index contributed by atoms with van der Waals surface area (Å²) in [7, 11) is 0. The van der Waals surface area contributed by atoms with E-state index in [1.54, 1.807) is 0 Å². The number of pyridine rings is 1. The van der Waals surface area contributed by atoms with Gasteiger partial charge in [-0.2, -0.15) is 0 Å². The second kappa shape index (κ2) is 6.00. The summed E-state index contributed by atoms with van der Waals surface area (Å²) in [4.78, 5) is 4.07. The summed E-state index contributed by atoms with van der Waals surface area (Å²) < 4.78 is 0. The van der Waals surface area contributed by atoms with Crippen LogP contribution in [-0.4, -0.2) is 11.5 Å². The van der Waals surface area contributed by atoms with Gasteiger partial charge in [-0.05, 0) is 55.3 Å². The third-order valence-electron chi connectivity index (χ3n) is 3.87. The largest absolute Gasteiger partial charge is 0.330 e. The SMILES string of the molecule is NCC1CCCCCC1Cc1ccncc1. The van der Waals surface area contributed by atoms with Crippen molar-refractivity contribution in [2.24, 2.45) is 17.6 Å². The van der Waals surface area contributed by atoms with Crippen molar-refractivity contribution >= 4 is 0 Å². The summed E-state index contributed by atoms with van der Waals surface area (Å²) in [5.41, 5.74) is 7.32. The third kappa shape index (κ3) is 3.05. The molecule has 1 aromatic heterocycles. The van der Waals surface area contributed by atoms with Crippen LogP contribution >= 0.6 is 0 Å². The van der Waals surface area contributed by atoms with Crippen molar-refractivity contribution in [1.82, 2.24) is 4.98 Å². The van der Waals surface area contributed by atoms with E-state index in [-0.39, 0.29) is 0 Å². The fourth-order valence-corrected chi connectivity index (χ4v) is 2.86. The lowest BCUT2D eigenvalue weighted by Gasteiger charge is -2.23. The minimum atomic E-state index is 0.732. The van der Waals surface area contributed by atoms with E-state index in [4.69, 9.17) is 5.73 Å². The van der Waals surface area contributed by atoms with E-state index in [2.05, 4.69) is 17.1 Å². The van der Waals surface area contributed by atoms with Gasteiger partial charge in [-0.15, -0.1) is 0 Å². The molecule has 0 aliphatic heterocycles. The van der Waals surface area contributed by atoms with Gasteiger partial charge in [0.2, 0.25) is 0 Å². The molecule has 2 rings (SSSR count). The summed E-state index contributed by atoms with van der Waals surface area (Å²) >= 11 is 0. The van der Waals surface area contributed by atoms with E-state index < -0.39 is 0 Å². The quantitative estimate of drug-likeness (QED) is 0.792. The van der Waals surface area contributed by atoms with Gasteiger partial charge in [0.05, 0.1) is 0 Å². The van der Waals surface area contributed by atoms with Crippen LogP contribution in [0, 0.1) is 11.8 Å². The number of rotatable bonds is 3. The van der Waals surface area contributed by atoms with Gasteiger partial charge in [-0.25, -0.2) is 0 Å². The summed E-state index contributed by atoms with van der Waals surface area (Å²) in [6.45, 7) is 0.857. The number of hydrogen-bond donors (Lipinski definition) is 1. The Balaban J connectivity index is 2.00. The van der Waals surface area contributed by atoms with E-state index in [9.17, 15) is 0 Å². The molecule has 2 heteroatoms. The average Bonchev–Trinajstić information content (AvgIpc) is 2.55. The topological polar surface area (TPSA) is 38.9 Å². The van der Waals surface area contributed by atoms with E-state index >= 15 is 0 Å². The lowest BCUT2D eigenvalue weighted by Crippen LogP contribution is -2.24. The second-order valence-electron chi connectivity index (χ2n) is 4.95. The van der Waals surface area contributed by atoms with Crippen LogP contribution in [0.15, 0.2) is 24.5 Å². The lowest BCUT2D eigenvalue weighted by molar-refractivity contribution is 0.318. The van der Waals surface area contributed by atoms with Crippen molar-refractivity contribution < 1.29 is 0 Å². The number of aromatic nitrogens is 1. The molecule has 1 aliphatic rings. The first-order valence-corrected chi connectivity index (χ1v) is 6.49. The Morgan fingerprint density at radius 2 is 1.75 bits per heavy atom. The third-order valence-corrected chi connectivity index (χ3v) is 3.87. The van der Waals surface area contributed by atoms with Gasteiger partial charge < -0.3 is 5.73 Å². The highest BCUT2D eigenvalue weighted by Crippen LogP contribution is 2.30. The molecule has 0 amide bonds. The highest BCUT2D eigenvalue weighted by molar-refractivity contribution is 5.10. The molecule has 1 aliphatic carbocycles. The van der Waals surface area contributed by atoms with E-state index in [0.29, 0.717) is 0 Å². The molecule has 2 unspecified atom stereocenters. The summed E-state index contributed by atoms with van der Waals surface area (Å²) in [5.74, 6) is 1.52. The Hall–Kier alpha value is -0.890. The first-order valence-electron chi connectivity index (χ1n) is 6.49. The van der Waals surface area contributed by atoms with Crippen LogP contribution in [0.3, 0.4) is 0 Å². The Labute approximate surface area is 98.3 Å². The van der Waals surface area contributed by atoms with Gasteiger partial charge in [0.1, 0.15) is 0 Å². The zero-order valence-electron chi connectivity index (χ0n) is 9.94. The second-order valence-corrected chi connectivity index (χ2v) is 4.95. The zero-order chi connectivity index (χ0) is 11.2. The van der Waals surface area contributed by atoms with Crippen molar-refractivity contribution in [3.63, 3.8) is 0 Å². The smallest absolute Gasteiger partial charge is 0.0270 e. The maximum Gasteiger partial charge on any atom is 0.0270 e. The molecule has 1 heterocycles. The van der Waals surface area contributed by atoms with Crippen LogP contribution in [0.1, 0.15) is 37.7 Å². The molecule has 0 spiro atoms. The van der Waals surface area contributed by atoms with Gasteiger partial charge >= 0.3 is 0 Å². The molecule has 0 bridgehead atoms. The Morgan fingerprint density at radius 3 is 2.44 bits per heavy atom. The summed E-state index contributed by atoms with van der Waals surface area (Å²) in [6, 6.07) is 4.27. The first-order chi connectivity index (χ1) is 7.90. The molecule has 1 fully saturated rings. The molecule has 0 radical (unpaired) electrons. The molecule has 16 heavy (non-hydrogen) atoms. The fraction of sp³-hybridized carbons (Fsp3) is 0.643. The monoisotopic (exact) mass is 218 g/mol. The molecule has 1 saturated carbocycles. The Morgan fingerprint density at radius 1 is 1.06 bits per heavy atom. The molecule has 0 saturated heterocycles. The summed E-state index contributed by atoms with van der Waals surface area (Å²) in [6.07, 6.45) is 11.8. The Kier molecular flexibility index (Phi) is 4.34. The normalized spacial score (nSPS) is 26.3. The standard InChI is InChI=1S/C14H22N2/c15-11-14-5-3-1-2-4-13(14)10-12-6-8-16-9-7-12/h6-9,13-14H,1-5,10-11,15H2. The predicted octanol–water partition coefficient (Wildman–Crippen LogP) is 2.78. The number of nitrogens with zero attached hydrogens (tertiary/aromatic N) is 1. The minimum Gasteiger partial charge on any atom is -0.330 e. The zero-order valence-corrected chi connectivity index (χ0v) is 9.94. The van der Waals surface area contributed by atoms with Crippen molar-refractivity contribution in [3.05, 3.63) is 30.1 Å². The van der Waals surface area contributed by atoms with Crippen molar-refractivity contribution in [1.29, 1.82) is 0 Å². The highest BCUT2D eigenvalue weighted by Gasteiger charge is 2.22. The molecular weight excluding hydrogens is 196 g/mol. The van der Waals surface area contributed by atoms with Crippen molar-refractivity contribution in [3.8, 4) is 0 Å². The first kappa shape index (κ1) is 11.6. The van der Waals surface area contributed by atoms with E-state index in [0.717, 1.165) is 18.4 Å². The van der Waals surface area contributed by atoms with E-state index in [1.165, 1.54) is 44.1 Å². The molecule has 2 N–H and O–H groups in total. The van der Waals surface area contributed by atoms with Crippen LogP contribution in [0.4, 0.5) is 0 Å². The maximum absolute atomic E-state index is 5.90. The average molecular weight is 218 g/mol. The predicted molar refractivity (Wildman–Crippen MR) is 67.1 cm³/mol. The molecule has 2 nitrogen and oxygen atoms in total. The van der Waals surface area contributed by atoms with Crippen LogP contribution in [0.25, 0.3) is 0 Å². The van der Waals surface area contributed by atoms with Crippen LogP contribution in [-0.2, 0) is 6.42 Å². The lowest BCUT2D eigenvalue weighted by atomic mass is 9.83. The number of hydrogen-bond acceptors (Lipinski definition) is 2. The molecule has 2 atom stereocenters. The maximum atomic E-state index is 5.90. The van der Waals surface area contributed by atoms with Crippen LogP contribution < -0.4 is 5.73 Å². The van der Waals surface area contributed by atoms with E-state index in [1.807, 2.05) is 12.4 Å². The van der Waals surface area contributed by atoms with Crippen molar-refractivity contribution in [2.45, 2.75) is 38.5 Å². The van der Waals surface area contributed by atoms with Gasteiger partial charge in [-0.3, -0.25) is 4.98 Å². The molecule has 1 aromatic rings. The van der Waals surface area contributed by atoms with Gasteiger partial charge in [0.25, 0.3) is 0 Å². The highest BCUT2D eigenvalue weighted by atomic mass is 14.6. The fourth-order valence-electron chi connectivity index (χ4n) is 2.86. The van der Waals surface area contributed by atoms with Gasteiger partial charge in [-0.1, -0.05) is 19.3 Å². The van der Waals surface area contributed by atoms with Gasteiger partial charge in [0.15, 0.2) is 0 Å². The molecular formula is C14H22N2. The van der Waals surface area contributed by atoms with Crippen molar-refractivity contribution in [2.75, 3.05) is 6.54 Å². The molecule has 0 aromatic carbocycles.